The number of alkyl halides is 5. The maximum Gasteiger partial charge on any atom is 0.433 e. The summed E-state index contributed by atoms with van der Waals surface area (Å²) < 4.78 is 66.0. The fraction of sp³-hybridized carbons (Fsp3) is 0.522. The van der Waals surface area contributed by atoms with Crippen LogP contribution in [0.4, 0.5) is 22.0 Å². The number of nitrogens with zero attached hydrogens (tertiary/aromatic N) is 3. The van der Waals surface area contributed by atoms with Gasteiger partial charge in [0, 0.05) is 50.6 Å². The van der Waals surface area contributed by atoms with E-state index in [4.69, 9.17) is 0 Å². The summed E-state index contributed by atoms with van der Waals surface area (Å²) in [5.41, 5.74) is 1.86. The molecule has 1 aliphatic carbocycles. The molecule has 2 aromatic heterocycles. The number of fused-ring (bicyclic) bond motifs is 1. The van der Waals surface area contributed by atoms with Gasteiger partial charge < -0.3 is 5.32 Å². The first kappa shape index (κ1) is 23.5. The molecule has 2 aliphatic rings. The van der Waals surface area contributed by atoms with Crippen LogP contribution in [-0.4, -0.2) is 46.3 Å². The summed E-state index contributed by atoms with van der Waals surface area (Å²) in [5.74, 6) is -3.12. The van der Waals surface area contributed by atoms with E-state index >= 15 is 0 Å². The van der Waals surface area contributed by atoms with Crippen molar-refractivity contribution in [1.29, 1.82) is 0 Å². The fourth-order valence-corrected chi connectivity index (χ4v) is 4.39. The summed E-state index contributed by atoms with van der Waals surface area (Å²) in [5, 5.41) is 2.81. The second-order valence-corrected chi connectivity index (χ2v) is 8.63. The van der Waals surface area contributed by atoms with Crippen LogP contribution in [0.1, 0.15) is 64.6 Å². The Labute approximate surface area is 188 Å². The standard InChI is InChI=1S/C23H25F5N4O/c24-22(25)7-9-32(10-8-22)19(16-5-6-20(30-12-16)23(26,27)28)14-31-21(33)17-11-15-3-1-2-4-18(15)29-13-17/h5-6,11-13,19H,1-4,7-10,14H2,(H,31,33). The lowest BCUT2D eigenvalue weighted by atomic mass is 9.95. The van der Waals surface area contributed by atoms with Crippen molar-refractivity contribution in [2.75, 3.05) is 19.6 Å². The van der Waals surface area contributed by atoms with E-state index in [0.29, 0.717) is 11.1 Å². The molecule has 4 rings (SSSR count). The Kier molecular flexibility index (Phi) is 6.65. The average Bonchev–Trinajstić information content (AvgIpc) is 2.79. The first-order valence-corrected chi connectivity index (χ1v) is 11.0. The number of halogens is 5. The van der Waals surface area contributed by atoms with Gasteiger partial charge in [0.2, 0.25) is 0 Å². The molecule has 2 aromatic rings. The van der Waals surface area contributed by atoms with E-state index < -0.39 is 23.8 Å². The molecule has 178 valence electrons. The average molecular weight is 468 g/mol. The number of nitrogens with one attached hydrogen (secondary N) is 1. The summed E-state index contributed by atoms with van der Waals surface area (Å²) in [6, 6.07) is 3.41. The highest BCUT2D eigenvalue weighted by Crippen LogP contribution is 2.33. The minimum atomic E-state index is -4.57. The van der Waals surface area contributed by atoms with Crippen molar-refractivity contribution in [3.05, 3.63) is 58.7 Å². The van der Waals surface area contributed by atoms with E-state index in [1.807, 2.05) is 6.07 Å². The number of pyridine rings is 2. The Morgan fingerprint density at radius 1 is 1.09 bits per heavy atom. The molecule has 0 radical (unpaired) electrons. The largest absolute Gasteiger partial charge is 0.433 e. The quantitative estimate of drug-likeness (QED) is 0.653. The molecule has 5 nitrogen and oxygen atoms in total. The van der Waals surface area contributed by atoms with Crippen molar-refractivity contribution in [2.24, 2.45) is 0 Å². The molecule has 0 spiro atoms. The Bertz CT molecular complexity index is 983. The highest BCUT2D eigenvalue weighted by molar-refractivity contribution is 5.94. The smallest absolute Gasteiger partial charge is 0.350 e. The van der Waals surface area contributed by atoms with E-state index in [0.717, 1.165) is 49.2 Å². The molecule has 1 N–H and O–H groups in total. The normalized spacial score (nSPS) is 19.5. The third-order valence-corrected chi connectivity index (χ3v) is 6.32. The van der Waals surface area contributed by atoms with Crippen LogP contribution < -0.4 is 5.32 Å². The van der Waals surface area contributed by atoms with Crippen LogP contribution in [0.5, 0.6) is 0 Å². The fourth-order valence-electron chi connectivity index (χ4n) is 4.39. The molecule has 33 heavy (non-hydrogen) atoms. The van der Waals surface area contributed by atoms with Crippen LogP contribution in [-0.2, 0) is 19.0 Å². The second-order valence-electron chi connectivity index (χ2n) is 8.63. The topological polar surface area (TPSA) is 58.1 Å². The van der Waals surface area contributed by atoms with Gasteiger partial charge in [-0.25, -0.2) is 8.78 Å². The SMILES string of the molecule is O=C(NCC(c1ccc(C(F)(F)F)nc1)N1CCC(F)(F)CC1)c1cnc2c(c1)CCCC2. The Hall–Kier alpha value is -2.62. The first-order valence-electron chi connectivity index (χ1n) is 11.0. The molecule has 1 saturated heterocycles. The summed E-state index contributed by atoms with van der Waals surface area (Å²) in [6.07, 6.45) is 1.23. The van der Waals surface area contributed by atoms with Crippen molar-refractivity contribution in [3.8, 4) is 0 Å². The van der Waals surface area contributed by atoms with E-state index in [2.05, 4.69) is 15.3 Å². The van der Waals surface area contributed by atoms with E-state index in [9.17, 15) is 26.7 Å². The van der Waals surface area contributed by atoms with Gasteiger partial charge in [-0.05, 0) is 48.9 Å². The minimum absolute atomic E-state index is 0.0501. The predicted octanol–water partition coefficient (Wildman–Crippen LogP) is 4.58. The molecule has 1 atom stereocenters. The molecule has 3 heterocycles. The van der Waals surface area contributed by atoms with E-state index in [1.165, 1.54) is 12.3 Å². The number of aryl methyl sites for hydroxylation is 2. The molecule has 0 aromatic carbocycles. The zero-order valence-electron chi connectivity index (χ0n) is 18.0. The molecule has 0 bridgehead atoms. The highest BCUT2D eigenvalue weighted by atomic mass is 19.4. The highest BCUT2D eigenvalue weighted by Gasteiger charge is 2.37. The van der Waals surface area contributed by atoms with E-state index in [1.54, 1.807) is 4.90 Å². The van der Waals surface area contributed by atoms with Crippen LogP contribution in [0.15, 0.2) is 30.6 Å². The lowest BCUT2D eigenvalue weighted by Gasteiger charge is -2.37. The van der Waals surface area contributed by atoms with Gasteiger partial charge in [0.25, 0.3) is 11.8 Å². The zero-order valence-corrected chi connectivity index (χ0v) is 18.0. The van der Waals surface area contributed by atoms with Crippen LogP contribution in [0.2, 0.25) is 0 Å². The number of piperidine rings is 1. The van der Waals surface area contributed by atoms with Crippen molar-refractivity contribution in [3.63, 3.8) is 0 Å². The summed E-state index contributed by atoms with van der Waals surface area (Å²) >= 11 is 0. The van der Waals surface area contributed by atoms with Crippen molar-refractivity contribution >= 4 is 5.91 Å². The van der Waals surface area contributed by atoms with Crippen LogP contribution in [0.25, 0.3) is 0 Å². The molecular formula is C23H25F5N4O. The maximum atomic E-state index is 13.7. The van der Waals surface area contributed by atoms with Gasteiger partial charge in [-0.2, -0.15) is 13.2 Å². The van der Waals surface area contributed by atoms with Gasteiger partial charge in [-0.15, -0.1) is 0 Å². The third-order valence-electron chi connectivity index (χ3n) is 6.32. The van der Waals surface area contributed by atoms with Gasteiger partial charge in [-0.3, -0.25) is 19.7 Å². The van der Waals surface area contributed by atoms with Crippen LogP contribution in [0.3, 0.4) is 0 Å². The van der Waals surface area contributed by atoms with Gasteiger partial charge in [0.1, 0.15) is 5.69 Å². The van der Waals surface area contributed by atoms with Crippen molar-refractivity contribution < 1.29 is 26.7 Å². The van der Waals surface area contributed by atoms with E-state index in [-0.39, 0.29) is 38.4 Å². The molecule has 1 fully saturated rings. The number of hydrogen-bond acceptors (Lipinski definition) is 4. The lowest BCUT2D eigenvalue weighted by molar-refractivity contribution is -0.141. The van der Waals surface area contributed by atoms with Crippen LogP contribution >= 0.6 is 0 Å². The van der Waals surface area contributed by atoms with Gasteiger partial charge in [-0.1, -0.05) is 6.07 Å². The Morgan fingerprint density at radius 3 is 2.48 bits per heavy atom. The minimum Gasteiger partial charge on any atom is -0.350 e. The zero-order chi connectivity index (χ0) is 23.6. The number of rotatable bonds is 5. The third kappa shape index (κ3) is 5.66. The second kappa shape index (κ2) is 9.32. The monoisotopic (exact) mass is 468 g/mol. The first-order chi connectivity index (χ1) is 15.6. The number of hydrogen-bond donors (Lipinski definition) is 1. The number of amides is 1. The molecule has 10 heteroatoms. The van der Waals surface area contributed by atoms with Crippen molar-refractivity contribution in [2.45, 2.75) is 56.7 Å². The molecule has 1 unspecified atom stereocenters. The van der Waals surface area contributed by atoms with Gasteiger partial charge in [0.05, 0.1) is 11.6 Å². The Balaban J connectivity index is 1.50. The lowest BCUT2D eigenvalue weighted by Crippen LogP contribution is -2.45. The number of carbonyl (C=O) groups excluding carboxylic acids is 1. The molecular weight excluding hydrogens is 443 g/mol. The van der Waals surface area contributed by atoms with Crippen molar-refractivity contribution in [1.82, 2.24) is 20.2 Å². The number of aromatic nitrogens is 2. The summed E-state index contributed by atoms with van der Waals surface area (Å²) in [6.45, 7) is 0.179. The summed E-state index contributed by atoms with van der Waals surface area (Å²) in [7, 11) is 0. The van der Waals surface area contributed by atoms with Gasteiger partial charge >= 0.3 is 6.18 Å². The maximum absolute atomic E-state index is 13.7. The van der Waals surface area contributed by atoms with Crippen LogP contribution in [0, 0.1) is 0 Å². The number of likely N-dealkylation sites (tertiary alicyclic amines) is 1. The molecule has 0 saturated carbocycles. The van der Waals surface area contributed by atoms with Gasteiger partial charge in [0.15, 0.2) is 0 Å². The predicted molar refractivity (Wildman–Crippen MR) is 111 cm³/mol. The Morgan fingerprint density at radius 2 is 1.82 bits per heavy atom. The molecule has 1 amide bonds. The molecule has 1 aliphatic heterocycles. The number of carbonyl (C=O) groups is 1. The summed E-state index contributed by atoms with van der Waals surface area (Å²) in [4.78, 5) is 22.4.